The summed E-state index contributed by atoms with van der Waals surface area (Å²) in [6, 6.07) is 10.0. The lowest BCUT2D eigenvalue weighted by molar-refractivity contribution is 0.107. The molecular weight excluding hydrogens is 386 g/mol. The fourth-order valence-corrected chi connectivity index (χ4v) is 3.12. The van der Waals surface area contributed by atoms with Gasteiger partial charge >= 0.3 is 0 Å². The van der Waals surface area contributed by atoms with E-state index < -0.39 is 26.7 Å². The van der Waals surface area contributed by atoms with E-state index in [9.17, 15) is 22.0 Å². The lowest BCUT2D eigenvalue weighted by Crippen LogP contribution is -2.04. The van der Waals surface area contributed by atoms with Crippen LogP contribution in [-0.2, 0) is 9.84 Å². The van der Waals surface area contributed by atoms with Crippen LogP contribution < -0.4 is 0 Å². The number of carbonyl (C=O) groups excluding carboxylic acids is 1. The summed E-state index contributed by atoms with van der Waals surface area (Å²) in [6.45, 7) is 0. The maximum absolute atomic E-state index is 14.2. The van der Waals surface area contributed by atoms with E-state index in [-0.39, 0.29) is 16.3 Å². The van der Waals surface area contributed by atoms with Gasteiger partial charge in [-0.2, -0.15) is 5.10 Å². The monoisotopic (exact) mass is 396 g/mol. The SMILES string of the molecule is CS(=O)(=O)c1ccc(-c2cc(C(=O)Cl)nn2-c2ccc(F)cc2F)cc1. The van der Waals surface area contributed by atoms with Crippen molar-refractivity contribution in [2.75, 3.05) is 6.26 Å². The van der Waals surface area contributed by atoms with Crippen molar-refractivity contribution in [3.63, 3.8) is 0 Å². The van der Waals surface area contributed by atoms with Crippen LogP contribution in [0.5, 0.6) is 0 Å². The highest BCUT2D eigenvalue weighted by Gasteiger charge is 2.18. The van der Waals surface area contributed by atoms with E-state index in [4.69, 9.17) is 11.6 Å². The molecule has 0 atom stereocenters. The normalized spacial score (nSPS) is 11.5. The average molecular weight is 397 g/mol. The highest BCUT2D eigenvalue weighted by atomic mass is 35.5. The minimum atomic E-state index is -3.38. The van der Waals surface area contributed by atoms with E-state index in [0.29, 0.717) is 17.3 Å². The summed E-state index contributed by atoms with van der Waals surface area (Å²) in [5.41, 5.74) is 0.549. The molecule has 1 aromatic heterocycles. The van der Waals surface area contributed by atoms with Gasteiger partial charge in [0, 0.05) is 17.9 Å². The Morgan fingerprint density at radius 2 is 1.73 bits per heavy atom. The van der Waals surface area contributed by atoms with Crippen LogP contribution >= 0.6 is 11.6 Å². The molecule has 26 heavy (non-hydrogen) atoms. The fraction of sp³-hybridized carbons (Fsp3) is 0.0588. The van der Waals surface area contributed by atoms with Gasteiger partial charge in [0.05, 0.1) is 10.6 Å². The molecular formula is C17H11ClF2N2O3S. The molecule has 3 rings (SSSR count). The lowest BCUT2D eigenvalue weighted by atomic mass is 10.1. The van der Waals surface area contributed by atoms with Crippen molar-refractivity contribution in [1.82, 2.24) is 9.78 Å². The quantitative estimate of drug-likeness (QED) is 0.632. The summed E-state index contributed by atoms with van der Waals surface area (Å²) in [5.74, 6) is -1.64. The molecule has 0 radical (unpaired) electrons. The first kappa shape index (κ1) is 18.2. The summed E-state index contributed by atoms with van der Waals surface area (Å²) in [5, 5.41) is 3.13. The van der Waals surface area contributed by atoms with Crippen LogP contribution in [0.25, 0.3) is 16.9 Å². The van der Waals surface area contributed by atoms with E-state index in [1.807, 2.05) is 0 Å². The molecule has 9 heteroatoms. The highest BCUT2D eigenvalue weighted by molar-refractivity contribution is 7.90. The number of hydrogen-bond acceptors (Lipinski definition) is 4. The number of sulfone groups is 1. The third-order valence-electron chi connectivity index (χ3n) is 3.63. The predicted octanol–water partition coefficient (Wildman–Crippen LogP) is 3.60. The third kappa shape index (κ3) is 3.51. The van der Waals surface area contributed by atoms with Gasteiger partial charge in [-0.05, 0) is 41.9 Å². The Morgan fingerprint density at radius 1 is 1.08 bits per heavy atom. The number of rotatable bonds is 4. The molecule has 0 saturated carbocycles. The van der Waals surface area contributed by atoms with Gasteiger partial charge in [-0.3, -0.25) is 4.79 Å². The van der Waals surface area contributed by atoms with Crippen molar-refractivity contribution >= 4 is 26.7 Å². The van der Waals surface area contributed by atoms with Crippen LogP contribution in [-0.4, -0.2) is 29.7 Å². The summed E-state index contributed by atoms with van der Waals surface area (Å²) < 4.78 is 51.6. The van der Waals surface area contributed by atoms with Crippen LogP contribution in [0, 0.1) is 11.6 Å². The number of benzene rings is 2. The second-order valence-corrected chi connectivity index (χ2v) is 7.85. The smallest absolute Gasteiger partial charge is 0.272 e. The standard InChI is InChI=1S/C17H11ClF2N2O3S/c1-26(24,25)12-5-2-10(3-6-12)16-9-14(17(18)23)21-22(16)15-7-4-11(19)8-13(15)20/h2-9H,1H3. The first-order valence-electron chi connectivity index (χ1n) is 7.22. The van der Waals surface area contributed by atoms with Crippen LogP contribution in [0.15, 0.2) is 53.4 Å². The Bertz CT molecular complexity index is 1110. The Morgan fingerprint density at radius 3 is 2.27 bits per heavy atom. The van der Waals surface area contributed by atoms with E-state index >= 15 is 0 Å². The fourth-order valence-electron chi connectivity index (χ4n) is 2.39. The first-order valence-corrected chi connectivity index (χ1v) is 9.49. The van der Waals surface area contributed by atoms with Crippen molar-refractivity contribution in [2.24, 2.45) is 0 Å². The second kappa shape index (κ2) is 6.62. The molecule has 0 aliphatic carbocycles. The van der Waals surface area contributed by atoms with Crippen molar-refractivity contribution in [3.8, 4) is 16.9 Å². The molecule has 0 fully saturated rings. The van der Waals surface area contributed by atoms with E-state index in [0.717, 1.165) is 17.0 Å². The summed E-state index contributed by atoms with van der Waals surface area (Å²) >= 11 is 5.47. The molecule has 134 valence electrons. The van der Waals surface area contributed by atoms with Gasteiger partial charge in [-0.25, -0.2) is 21.9 Å². The zero-order valence-electron chi connectivity index (χ0n) is 13.3. The molecule has 0 unspecified atom stereocenters. The Hall–Kier alpha value is -2.58. The number of halogens is 3. The molecule has 0 bridgehead atoms. The molecule has 0 aliphatic rings. The van der Waals surface area contributed by atoms with Crippen molar-refractivity contribution in [2.45, 2.75) is 4.90 Å². The molecule has 0 N–H and O–H groups in total. The average Bonchev–Trinajstić information content (AvgIpc) is 2.99. The molecule has 3 aromatic rings. The number of aromatic nitrogens is 2. The van der Waals surface area contributed by atoms with Crippen LogP contribution in [0.4, 0.5) is 8.78 Å². The second-order valence-electron chi connectivity index (χ2n) is 5.49. The molecule has 2 aromatic carbocycles. The molecule has 0 spiro atoms. The van der Waals surface area contributed by atoms with Crippen molar-refractivity contribution in [1.29, 1.82) is 0 Å². The number of carbonyl (C=O) groups is 1. The summed E-state index contributed by atoms with van der Waals surface area (Å²) in [7, 11) is -3.38. The maximum atomic E-state index is 14.2. The Balaban J connectivity index is 2.19. The van der Waals surface area contributed by atoms with Gasteiger partial charge in [0.15, 0.2) is 15.7 Å². The highest BCUT2D eigenvalue weighted by Crippen LogP contribution is 2.27. The number of nitrogens with zero attached hydrogens (tertiary/aromatic N) is 2. The lowest BCUT2D eigenvalue weighted by Gasteiger charge is -2.09. The van der Waals surface area contributed by atoms with Gasteiger partial charge in [-0.15, -0.1) is 0 Å². The Kier molecular flexibility index (Phi) is 4.64. The minimum Gasteiger partial charge on any atom is -0.274 e. The number of hydrogen-bond donors (Lipinski definition) is 0. The summed E-state index contributed by atoms with van der Waals surface area (Å²) in [6.07, 6.45) is 1.07. The topological polar surface area (TPSA) is 69.0 Å². The van der Waals surface area contributed by atoms with Gasteiger partial charge in [0.25, 0.3) is 5.24 Å². The van der Waals surface area contributed by atoms with Crippen molar-refractivity contribution < 1.29 is 22.0 Å². The molecule has 1 heterocycles. The van der Waals surface area contributed by atoms with Crippen LogP contribution in [0.2, 0.25) is 0 Å². The van der Waals surface area contributed by atoms with Gasteiger partial charge < -0.3 is 0 Å². The van der Waals surface area contributed by atoms with E-state index in [2.05, 4.69) is 5.10 Å². The maximum Gasteiger partial charge on any atom is 0.272 e. The van der Waals surface area contributed by atoms with Gasteiger partial charge in [0.1, 0.15) is 17.2 Å². The van der Waals surface area contributed by atoms with Crippen LogP contribution in [0.1, 0.15) is 10.5 Å². The molecule has 0 amide bonds. The Labute approximate surface area is 152 Å². The zero-order valence-corrected chi connectivity index (χ0v) is 14.9. The first-order chi connectivity index (χ1) is 12.2. The minimum absolute atomic E-state index is 0.0854. The molecule has 0 aliphatic heterocycles. The van der Waals surface area contributed by atoms with Gasteiger partial charge in [-0.1, -0.05) is 12.1 Å². The van der Waals surface area contributed by atoms with Gasteiger partial charge in [0.2, 0.25) is 0 Å². The molecule has 0 saturated heterocycles. The van der Waals surface area contributed by atoms with E-state index in [1.165, 1.54) is 36.4 Å². The third-order valence-corrected chi connectivity index (χ3v) is 4.95. The summed E-state index contributed by atoms with van der Waals surface area (Å²) in [4.78, 5) is 11.6. The largest absolute Gasteiger partial charge is 0.274 e. The van der Waals surface area contributed by atoms with Crippen molar-refractivity contribution in [3.05, 3.63) is 65.9 Å². The molecule has 5 nitrogen and oxygen atoms in total. The predicted molar refractivity (Wildman–Crippen MR) is 92.2 cm³/mol. The zero-order chi connectivity index (χ0) is 19.1. The van der Waals surface area contributed by atoms with Crippen LogP contribution in [0.3, 0.4) is 0 Å². The van der Waals surface area contributed by atoms with E-state index in [1.54, 1.807) is 0 Å².